The molecule has 4 aliphatic rings. The van der Waals surface area contributed by atoms with E-state index in [1.807, 2.05) is 77.9 Å². The van der Waals surface area contributed by atoms with Crippen molar-refractivity contribution in [3.63, 3.8) is 0 Å². The number of carbonyl (C=O) groups is 8. The maximum atomic E-state index is 14.7. The molecule has 2 aromatic rings. The Kier molecular flexibility index (Phi) is 21.3. The van der Waals surface area contributed by atoms with Crippen LogP contribution in [0.4, 0.5) is 0 Å². The Morgan fingerprint density at radius 3 is 1.21 bits per heavy atom. The van der Waals surface area contributed by atoms with Crippen LogP contribution >= 0.6 is 24.8 Å². The molecule has 1 unspecified atom stereocenters. The molecule has 2 aromatic carbocycles. The van der Waals surface area contributed by atoms with E-state index in [9.17, 15) is 38.4 Å². The summed E-state index contributed by atoms with van der Waals surface area (Å²) < 4.78 is 0. The summed E-state index contributed by atoms with van der Waals surface area (Å²) in [6.45, 7) is 17.2. The van der Waals surface area contributed by atoms with Gasteiger partial charge in [0.1, 0.15) is 29.6 Å². The van der Waals surface area contributed by atoms with Gasteiger partial charge < -0.3 is 52.3 Å². The number of benzene rings is 2. The molecule has 20 heteroatoms. The Balaban J connectivity index is 0.00000608. The second kappa shape index (κ2) is 25.7. The van der Waals surface area contributed by atoms with Crippen LogP contribution in [0.25, 0.3) is 0 Å². The molecular formula is C55H84Cl2N10O8. The van der Waals surface area contributed by atoms with Crippen molar-refractivity contribution < 1.29 is 38.4 Å². The summed E-state index contributed by atoms with van der Waals surface area (Å²) in [7, 11) is 3.29. The SMILES string of the molecule is CN[C@@H](C)C(=O)N[C@@H](C(=O)N1C[C@@H](NC(=O)C(C)(C)C(=O)N[C@H]2C[C@@H](C(=O)N[C@@H]3CCCc4ccccc43)N(C(=O)[C@H](NC(=O)[C@H](C)NC)C(C)(C)C)C2)CC1C(=O)N[C@@H]1CCCc2ccccc21)C(C)(C)C.Cl.Cl. The van der Waals surface area contributed by atoms with Gasteiger partial charge in [0.25, 0.3) is 0 Å². The standard InChI is InChI=1S/C55H82N10O8.2ClH/c1-31(56-11)45(66)62-43(53(3,4)5)49(70)64-29-35(27-41(64)47(68)60-39-25-17-21-33-19-13-15-23-37(33)39)58-51(72)55(9,10)52(73)59-36-28-42(48(69)61-40-26-18-22-34-20-14-16-24-38(34)40)65(30-36)50(71)44(54(6,7)8)63-46(67)32(2)57-12;;/h13-16,19-20,23-24,31-32,35-36,39-44,56-57H,17-18,21-22,25-30H2,1-12H3,(H,58,72)(H,59,73)(H,60,68)(H,61,69)(H,62,66)(H,63,67);2*1H/t31-,32-,35-,36-,39+,40+,41-,42?,43-,44-;;/m0../s1. The number of likely N-dealkylation sites (tertiary alicyclic amines) is 2. The molecule has 2 aliphatic heterocycles. The predicted molar refractivity (Wildman–Crippen MR) is 293 cm³/mol. The van der Waals surface area contributed by atoms with Gasteiger partial charge in [-0.05, 0) is 126 Å². The minimum absolute atomic E-state index is 0. The molecule has 2 aliphatic carbocycles. The van der Waals surface area contributed by atoms with Crippen molar-refractivity contribution in [2.75, 3.05) is 27.2 Å². The van der Waals surface area contributed by atoms with Crippen LogP contribution in [-0.4, -0.2) is 133 Å². The molecule has 8 amide bonds. The largest absolute Gasteiger partial charge is 0.351 e. The number of hydrogen-bond donors (Lipinski definition) is 8. The normalized spacial score (nSPS) is 23.0. The van der Waals surface area contributed by atoms with Crippen molar-refractivity contribution in [3.8, 4) is 0 Å². The van der Waals surface area contributed by atoms with E-state index in [2.05, 4.69) is 54.7 Å². The Bertz CT molecular complexity index is 2250. The number of nitrogens with one attached hydrogen (secondary N) is 8. The quantitative estimate of drug-likeness (QED) is 0.114. The first-order valence-electron chi connectivity index (χ1n) is 26.2. The van der Waals surface area contributed by atoms with Crippen molar-refractivity contribution in [3.05, 3.63) is 70.8 Å². The third kappa shape index (κ3) is 14.6. The van der Waals surface area contributed by atoms with Crippen molar-refractivity contribution in [1.82, 2.24) is 52.3 Å². The van der Waals surface area contributed by atoms with Gasteiger partial charge in [0.05, 0.1) is 24.2 Å². The van der Waals surface area contributed by atoms with Crippen LogP contribution in [0.5, 0.6) is 0 Å². The van der Waals surface area contributed by atoms with Gasteiger partial charge >= 0.3 is 0 Å². The van der Waals surface area contributed by atoms with Gasteiger partial charge in [0.15, 0.2) is 0 Å². The molecule has 0 aromatic heterocycles. The molecule has 2 heterocycles. The molecule has 2 saturated heterocycles. The van der Waals surface area contributed by atoms with E-state index in [0.717, 1.165) is 47.9 Å². The zero-order valence-electron chi connectivity index (χ0n) is 45.9. The monoisotopic (exact) mass is 1080 g/mol. The number of likely N-dealkylation sites (N-methyl/N-ethyl adjacent to an activating group) is 2. The molecule has 0 radical (unpaired) electrons. The number of amides is 8. The number of fused-ring (bicyclic) bond motifs is 2. The smallest absolute Gasteiger partial charge is 0.246 e. The first-order chi connectivity index (χ1) is 34.3. The Morgan fingerprint density at radius 2 is 0.880 bits per heavy atom. The molecule has 6 rings (SSSR count). The number of hydrogen-bond acceptors (Lipinski definition) is 10. The van der Waals surface area contributed by atoms with Crippen LogP contribution < -0.4 is 42.5 Å². The van der Waals surface area contributed by atoms with Gasteiger partial charge in [-0.15, -0.1) is 24.8 Å². The summed E-state index contributed by atoms with van der Waals surface area (Å²) in [5.74, 6) is -3.80. The molecule has 8 N–H and O–H groups in total. The molecule has 10 atom stereocenters. The molecule has 0 bridgehead atoms. The lowest BCUT2D eigenvalue weighted by Gasteiger charge is -2.36. The van der Waals surface area contributed by atoms with Crippen LogP contribution in [0.2, 0.25) is 0 Å². The fraction of sp³-hybridized carbons (Fsp3) is 0.636. The zero-order chi connectivity index (χ0) is 53.7. The lowest BCUT2D eigenvalue weighted by atomic mass is 9.85. The van der Waals surface area contributed by atoms with Crippen molar-refractivity contribution >= 4 is 72.1 Å². The summed E-state index contributed by atoms with van der Waals surface area (Å²) in [4.78, 5) is 117. The Labute approximate surface area is 456 Å². The number of carbonyl (C=O) groups excluding carboxylic acids is 8. The predicted octanol–water partition coefficient (Wildman–Crippen LogP) is 3.69. The average molecular weight is 1080 g/mol. The van der Waals surface area contributed by atoms with E-state index in [0.29, 0.717) is 12.8 Å². The van der Waals surface area contributed by atoms with Gasteiger partial charge in [-0.25, -0.2) is 0 Å². The van der Waals surface area contributed by atoms with E-state index in [-0.39, 0.29) is 86.5 Å². The number of rotatable bonds is 16. The fourth-order valence-electron chi connectivity index (χ4n) is 10.5. The minimum atomic E-state index is -1.71. The molecular weight excluding hydrogens is 1000 g/mol. The zero-order valence-corrected chi connectivity index (χ0v) is 47.6. The van der Waals surface area contributed by atoms with Crippen molar-refractivity contribution in [2.24, 2.45) is 16.2 Å². The van der Waals surface area contributed by atoms with E-state index < -0.39 is 88.2 Å². The molecule has 416 valence electrons. The molecule has 18 nitrogen and oxygen atoms in total. The van der Waals surface area contributed by atoms with Gasteiger partial charge in [0, 0.05) is 25.2 Å². The van der Waals surface area contributed by atoms with Crippen LogP contribution in [0.15, 0.2) is 48.5 Å². The van der Waals surface area contributed by atoms with Crippen LogP contribution in [0.1, 0.15) is 142 Å². The van der Waals surface area contributed by atoms with E-state index >= 15 is 0 Å². The maximum absolute atomic E-state index is 14.7. The van der Waals surface area contributed by atoms with E-state index in [1.54, 1.807) is 27.9 Å². The topological polar surface area (TPSA) is 239 Å². The number of nitrogens with zero attached hydrogens (tertiary/aromatic N) is 2. The second-order valence-corrected chi connectivity index (χ2v) is 23.4. The summed E-state index contributed by atoms with van der Waals surface area (Å²) in [5, 5.41) is 24.0. The summed E-state index contributed by atoms with van der Waals surface area (Å²) >= 11 is 0. The van der Waals surface area contributed by atoms with Crippen LogP contribution in [0.3, 0.4) is 0 Å². The second-order valence-electron chi connectivity index (χ2n) is 23.4. The Hall–Kier alpha value is -5.30. The highest BCUT2D eigenvalue weighted by atomic mass is 35.5. The minimum Gasteiger partial charge on any atom is -0.351 e. The van der Waals surface area contributed by atoms with Crippen LogP contribution in [0, 0.1) is 16.2 Å². The summed E-state index contributed by atoms with van der Waals surface area (Å²) in [6.07, 6.45) is 5.06. The lowest BCUT2D eigenvalue weighted by Crippen LogP contribution is -2.60. The number of halogens is 2. The molecule has 2 fully saturated rings. The van der Waals surface area contributed by atoms with E-state index in [1.165, 1.54) is 23.6 Å². The van der Waals surface area contributed by atoms with Gasteiger partial charge in [-0.1, -0.05) is 90.1 Å². The maximum Gasteiger partial charge on any atom is 0.246 e. The van der Waals surface area contributed by atoms with E-state index in [4.69, 9.17) is 0 Å². The highest BCUT2D eigenvalue weighted by Gasteiger charge is 2.50. The van der Waals surface area contributed by atoms with Crippen LogP contribution in [-0.2, 0) is 51.2 Å². The average Bonchev–Trinajstić information content (AvgIpc) is 3.98. The van der Waals surface area contributed by atoms with Crippen molar-refractivity contribution in [1.29, 1.82) is 0 Å². The third-order valence-electron chi connectivity index (χ3n) is 15.4. The summed E-state index contributed by atoms with van der Waals surface area (Å²) in [5.41, 5.74) is 1.10. The molecule has 0 saturated carbocycles. The first kappa shape index (κ1) is 62.2. The van der Waals surface area contributed by atoms with Gasteiger partial charge in [-0.3, -0.25) is 38.4 Å². The summed E-state index contributed by atoms with van der Waals surface area (Å²) in [6, 6.07) is 8.60. The Morgan fingerprint density at radius 1 is 0.533 bits per heavy atom. The van der Waals surface area contributed by atoms with Gasteiger partial charge in [-0.2, -0.15) is 0 Å². The molecule has 0 spiro atoms. The molecule has 75 heavy (non-hydrogen) atoms. The fourth-order valence-corrected chi connectivity index (χ4v) is 10.5. The first-order valence-corrected chi connectivity index (χ1v) is 26.2. The van der Waals surface area contributed by atoms with Crippen molar-refractivity contribution in [2.45, 2.75) is 181 Å². The highest BCUT2D eigenvalue weighted by molar-refractivity contribution is 6.05. The van der Waals surface area contributed by atoms with Gasteiger partial charge in [0.2, 0.25) is 47.3 Å². The number of aryl methyl sites for hydroxylation is 2. The lowest BCUT2D eigenvalue weighted by molar-refractivity contribution is -0.144. The highest BCUT2D eigenvalue weighted by Crippen LogP contribution is 2.34. The third-order valence-corrected chi connectivity index (χ3v) is 15.4.